The van der Waals surface area contributed by atoms with Gasteiger partial charge in [-0.3, -0.25) is 4.79 Å². The molecule has 8 heteroatoms. The fourth-order valence-corrected chi connectivity index (χ4v) is 4.78. The number of nitrogens with one attached hydrogen (secondary N) is 1. The molecule has 1 fully saturated rings. The largest absolute Gasteiger partial charge is 0.352 e. The normalized spacial score (nSPS) is 20.0. The second-order valence-electron chi connectivity index (χ2n) is 6.57. The summed E-state index contributed by atoms with van der Waals surface area (Å²) in [5.41, 5.74) is 6.88. The van der Waals surface area contributed by atoms with Crippen LogP contribution in [0.5, 0.6) is 0 Å². The van der Waals surface area contributed by atoms with Gasteiger partial charge in [0, 0.05) is 32.1 Å². The Hall–Kier alpha value is -1.15. The fraction of sp³-hybridized carbons (Fsp3) is 0.611. The molecule has 0 aromatic heterocycles. The number of carbonyl (C=O) groups excluding carboxylic acids is 1. The number of carbonyl (C=O) groups is 1. The van der Waals surface area contributed by atoms with E-state index in [1.165, 1.54) is 4.31 Å². The lowest BCUT2D eigenvalue weighted by Crippen LogP contribution is -2.31. The summed E-state index contributed by atoms with van der Waals surface area (Å²) in [7, 11) is -3.44. The van der Waals surface area contributed by atoms with Crippen molar-refractivity contribution in [3.63, 3.8) is 0 Å². The molecule has 0 aliphatic heterocycles. The highest BCUT2D eigenvalue weighted by molar-refractivity contribution is 7.89. The second-order valence-corrected chi connectivity index (χ2v) is 8.51. The van der Waals surface area contributed by atoms with Crippen LogP contribution in [0.3, 0.4) is 0 Å². The zero-order chi connectivity index (χ0) is 18.4. The van der Waals surface area contributed by atoms with Crippen LogP contribution in [0.1, 0.15) is 45.1 Å². The molecule has 0 spiro atoms. The molecule has 2 rings (SSSR count). The summed E-state index contributed by atoms with van der Waals surface area (Å²) in [6, 6.07) is 6.83. The van der Waals surface area contributed by atoms with E-state index in [4.69, 9.17) is 5.73 Å². The molecule has 2 atom stereocenters. The molecule has 0 saturated heterocycles. The molecule has 6 nitrogen and oxygen atoms in total. The fourth-order valence-electron chi connectivity index (χ4n) is 3.32. The summed E-state index contributed by atoms with van der Waals surface area (Å²) >= 11 is 0. The number of sulfonamides is 1. The van der Waals surface area contributed by atoms with Crippen molar-refractivity contribution in [1.29, 1.82) is 0 Å². The number of hydrogen-bond acceptors (Lipinski definition) is 4. The predicted molar refractivity (Wildman–Crippen MR) is 106 cm³/mol. The Balaban J connectivity index is 0.00000338. The number of benzene rings is 1. The monoisotopic (exact) mass is 403 g/mol. The molecule has 1 saturated carbocycles. The lowest BCUT2D eigenvalue weighted by Gasteiger charge is -2.18. The SMILES string of the molecule is CCN(CC)S(=O)(=O)c1ccc(CNC(=O)C[C@@H]2CCC[C@H]2N)cc1.Cl. The van der Waals surface area contributed by atoms with Crippen molar-refractivity contribution < 1.29 is 13.2 Å². The molecular weight excluding hydrogens is 374 g/mol. The zero-order valence-corrected chi connectivity index (χ0v) is 17.1. The van der Waals surface area contributed by atoms with Gasteiger partial charge in [-0.2, -0.15) is 4.31 Å². The molecule has 148 valence electrons. The Kier molecular flexibility index (Phi) is 9.03. The first kappa shape index (κ1) is 22.9. The maximum Gasteiger partial charge on any atom is 0.243 e. The lowest BCUT2D eigenvalue weighted by atomic mass is 10.00. The number of nitrogens with two attached hydrogens (primary N) is 1. The van der Waals surface area contributed by atoms with E-state index in [1.807, 2.05) is 13.8 Å². The van der Waals surface area contributed by atoms with Crippen molar-refractivity contribution in [3.8, 4) is 0 Å². The van der Waals surface area contributed by atoms with E-state index in [1.54, 1.807) is 24.3 Å². The maximum atomic E-state index is 12.4. The van der Waals surface area contributed by atoms with Crippen LogP contribution >= 0.6 is 12.4 Å². The average Bonchev–Trinajstić information content (AvgIpc) is 2.99. The minimum Gasteiger partial charge on any atom is -0.352 e. The molecule has 1 aliphatic rings. The predicted octanol–water partition coefficient (Wildman–Crippen LogP) is 2.27. The molecule has 0 heterocycles. The van der Waals surface area contributed by atoms with Crippen molar-refractivity contribution in [1.82, 2.24) is 9.62 Å². The summed E-state index contributed by atoms with van der Waals surface area (Å²) in [6.07, 6.45) is 3.59. The van der Waals surface area contributed by atoms with E-state index in [0.717, 1.165) is 24.8 Å². The molecule has 1 aromatic rings. The van der Waals surface area contributed by atoms with E-state index in [-0.39, 0.29) is 35.2 Å². The Morgan fingerprint density at radius 1 is 1.19 bits per heavy atom. The van der Waals surface area contributed by atoms with Crippen LogP contribution < -0.4 is 11.1 Å². The van der Waals surface area contributed by atoms with Crippen LogP contribution in [-0.2, 0) is 21.4 Å². The molecule has 1 aromatic carbocycles. The van der Waals surface area contributed by atoms with Crippen LogP contribution in [0, 0.1) is 5.92 Å². The van der Waals surface area contributed by atoms with E-state index < -0.39 is 10.0 Å². The zero-order valence-electron chi connectivity index (χ0n) is 15.5. The van der Waals surface area contributed by atoms with Crippen molar-refractivity contribution in [2.75, 3.05) is 13.1 Å². The topological polar surface area (TPSA) is 92.5 Å². The molecule has 26 heavy (non-hydrogen) atoms. The van der Waals surface area contributed by atoms with Crippen LogP contribution in [0.4, 0.5) is 0 Å². The van der Waals surface area contributed by atoms with Crippen LogP contribution in [0.2, 0.25) is 0 Å². The van der Waals surface area contributed by atoms with Gasteiger partial charge in [0.15, 0.2) is 0 Å². The average molecular weight is 404 g/mol. The number of amides is 1. The molecule has 0 radical (unpaired) electrons. The van der Waals surface area contributed by atoms with Gasteiger partial charge in [-0.1, -0.05) is 32.4 Å². The summed E-state index contributed by atoms with van der Waals surface area (Å²) in [5.74, 6) is 0.281. The molecule has 0 unspecified atom stereocenters. The van der Waals surface area contributed by atoms with Gasteiger partial charge in [0.2, 0.25) is 15.9 Å². The number of hydrogen-bond donors (Lipinski definition) is 2. The number of nitrogens with zero attached hydrogens (tertiary/aromatic N) is 1. The smallest absolute Gasteiger partial charge is 0.243 e. The van der Waals surface area contributed by atoms with Gasteiger partial charge in [-0.05, 0) is 36.5 Å². The third-order valence-corrected chi connectivity index (χ3v) is 6.99. The molecule has 1 aliphatic carbocycles. The van der Waals surface area contributed by atoms with Crippen LogP contribution in [0.25, 0.3) is 0 Å². The highest BCUT2D eigenvalue weighted by Gasteiger charge is 2.26. The molecular formula is C18H30ClN3O3S. The second kappa shape index (κ2) is 10.3. The Morgan fingerprint density at radius 2 is 1.81 bits per heavy atom. The first-order chi connectivity index (χ1) is 11.9. The number of halogens is 1. The van der Waals surface area contributed by atoms with Gasteiger partial charge in [0.25, 0.3) is 0 Å². The van der Waals surface area contributed by atoms with Crippen LogP contribution in [0.15, 0.2) is 29.2 Å². The van der Waals surface area contributed by atoms with Gasteiger partial charge in [-0.15, -0.1) is 12.4 Å². The number of rotatable bonds is 8. The lowest BCUT2D eigenvalue weighted by molar-refractivity contribution is -0.122. The molecule has 1 amide bonds. The highest BCUT2D eigenvalue weighted by Crippen LogP contribution is 2.26. The quantitative estimate of drug-likeness (QED) is 0.696. The summed E-state index contributed by atoms with van der Waals surface area (Å²) in [5, 5.41) is 2.90. The van der Waals surface area contributed by atoms with Gasteiger partial charge in [0.05, 0.1) is 4.90 Å². The standard InChI is InChI=1S/C18H29N3O3S.ClH/c1-3-21(4-2)25(23,24)16-10-8-14(9-11-16)13-20-18(22)12-15-6-5-7-17(15)19;/h8-11,15,17H,3-7,12-13,19H2,1-2H3,(H,20,22);1H/t15-,17+;/m0./s1. The summed E-state index contributed by atoms with van der Waals surface area (Å²) in [4.78, 5) is 12.3. The van der Waals surface area contributed by atoms with Crippen molar-refractivity contribution >= 4 is 28.3 Å². The summed E-state index contributed by atoms with van der Waals surface area (Å²) in [6.45, 7) is 4.93. The van der Waals surface area contributed by atoms with Crippen molar-refractivity contribution in [3.05, 3.63) is 29.8 Å². The van der Waals surface area contributed by atoms with Gasteiger partial charge < -0.3 is 11.1 Å². The summed E-state index contributed by atoms with van der Waals surface area (Å²) < 4.78 is 26.3. The van der Waals surface area contributed by atoms with E-state index in [9.17, 15) is 13.2 Å². The van der Waals surface area contributed by atoms with E-state index >= 15 is 0 Å². The van der Waals surface area contributed by atoms with Crippen molar-refractivity contribution in [2.45, 2.75) is 57.0 Å². The van der Waals surface area contributed by atoms with Crippen molar-refractivity contribution in [2.24, 2.45) is 11.7 Å². The molecule has 0 bridgehead atoms. The molecule has 3 N–H and O–H groups in total. The van der Waals surface area contributed by atoms with Gasteiger partial charge in [-0.25, -0.2) is 8.42 Å². The minimum absolute atomic E-state index is 0. The first-order valence-electron chi connectivity index (χ1n) is 8.99. The van der Waals surface area contributed by atoms with E-state index in [0.29, 0.717) is 26.1 Å². The highest BCUT2D eigenvalue weighted by atomic mass is 35.5. The van der Waals surface area contributed by atoms with Gasteiger partial charge in [0.1, 0.15) is 0 Å². The van der Waals surface area contributed by atoms with E-state index in [2.05, 4.69) is 5.32 Å². The van der Waals surface area contributed by atoms with Crippen LogP contribution in [-0.4, -0.2) is 37.8 Å². The van der Waals surface area contributed by atoms with Gasteiger partial charge >= 0.3 is 0 Å². The Labute approximate surface area is 163 Å². The Morgan fingerprint density at radius 3 is 2.31 bits per heavy atom. The third kappa shape index (κ3) is 5.67. The first-order valence-corrected chi connectivity index (χ1v) is 10.4. The maximum absolute atomic E-state index is 12.4. The minimum atomic E-state index is -3.44. The third-order valence-electron chi connectivity index (χ3n) is 4.92. The Bertz CT molecular complexity index is 675.